The Balaban J connectivity index is 1.95. The van der Waals surface area contributed by atoms with E-state index in [0.29, 0.717) is 0 Å². The summed E-state index contributed by atoms with van der Waals surface area (Å²) in [5, 5.41) is 4.01. The molecule has 0 aliphatic carbocycles. The van der Waals surface area contributed by atoms with Crippen molar-refractivity contribution in [2.24, 2.45) is 7.05 Å². The third kappa shape index (κ3) is 2.98. The number of nitrogens with zero attached hydrogens (tertiary/aromatic N) is 2. The SMILES string of the molecule is Cn1nccc1COC(=O)C(Br)c1ccccc1. The average Bonchev–Trinajstić information content (AvgIpc) is 2.81. The van der Waals surface area contributed by atoms with Crippen molar-refractivity contribution >= 4 is 21.9 Å². The van der Waals surface area contributed by atoms with Crippen LogP contribution in [0.1, 0.15) is 16.1 Å². The normalized spacial score (nSPS) is 12.1. The van der Waals surface area contributed by atoms with Gasteiger partial charge in [-0.2, -0.15) is 5.10 Å². The highest BCUT2D eigenvalue weighted by Crippen LogP contribution is 2.24. The minimum absolute atomic E-state index is 0.226. The van der Waals surface area contributed by atoms with Gasteiger partial charge in [0, 0.05) is 13.2 Å². The molecule has 0 radical (unpaired) electrons. The van der Waals surface area contributed by atoms with Crippen LogP contribution in [0.5, 0.6) is 0 Å². The molecule has 0 saturated heterocycles. The number of ether oxygens (including phenoxy) is 1. The molecular weight excluding hydrogens is 296 g/mol. The fourth-order valence-electron chi connectivity index (χ4n) is 1.52. The summed E-state index contributed by atoms with van der Waals surface area (Å²) in [6.45, 7) is 0.226. The smallest absolute Gasteiger partial charge is 0.324 e. The number of carbonyl (C=O) groups excluding carboxylic acids is 1. The highest BCUT2D eigenvalue weighted by Gasteiger charge is 2.18. The molecule has 1 atom stereocenters. The third-order valence-electron chi connectivity index (χ3n) is 2.58. The molecule has 2 aromatic rings. The van der Waals surface area contributed by atoms with E-state index >= 15 is 0 Å². The number of rotatable bonds is 4. The molecule has 1 aromatic carbocycles. The second kappa shape index (κ2) is 5.82. The van der Waals surface area contributed by atoms with Crippen LogP contribution in [0.2, 0.25) is 0 Å². The van der Waals surface area contributed by atoms with Gasteiger partial charge in [0.15, 0.2) is 0 Å². The summed E-state index contributed by atoms with van der Waals surface area (Å²) in [6, 6.07) is 11.3. The van der Waals surface area contributed by atoms with Crippen LogP contribution < -0.4 is 0 Å². The zero-order valence-corrected chi connectivity index (χ0v) is 11.5. The first-order valence-electron chi connectivity index (χ1n) is 5.51. The van der Waals surface area contributed by atoms with E-state index in [4.69, 9.17) is 4.74 Å². The van der Waals surface area contributed by atoms with E-state index < -0.39 is 4.83 Å². The van der Waals surface area contributed by atoms with E-state index in [1.807, 2.05) is 43.4 Å². The molecular formula is C13H13BrN2O2. The number of aryl methyl sites for hydroxylation is 1. The minimum atomic E-state index is -0.438. The Morgan fingerprint density at radius 3 is 2.72 bits per heavy atom. The maximum Gasteiger partial charge on any atom is 0.324 e. The van der Waals surface area contributed by atoms with Crippen molar-refractivity contribution in [2.45, 2.75) is 11.4 Å². The van der Waals surface area contributed by atoms with E-state index in [1.165, 1.54) is 0 Å². The van der Waals surface area contributed by atoms with Gasteiger partial charge in [0.1, 0.15) is 11.4 Å². The molecule has 0 bridgehead atoms. The highest BCUT2D eigenvalue weighted by molar-refractivity contribution is 9.09. The summed E-state index contributed by atoms with van der Waals surface area (Å²) in [5.41, 5.74) is 1.74. The van der Waals surface area contributed by atoms with E-state index in [2.05, 4.69) is 21.0 Å². The summed E-state index contributed by atoms with van der Waals surface area (Å²) in [4.78, 5) is 11.4. The van der Waals surface area contributed by atoms with Gasteiger partial charge < -0.3 is 4.74 Å². The van der Waals surface area contributed by atoms with E-state index in [1.54, 1.807) is 10.9 Å². The first-order chi connectivity index (χ1) is 8.68. The largest absolute Gasteiger partial charge is 0.458 e. The predicted octanol–water partition coefficient (Wildman–Crippen LogP) is 2.60. The summed E-state index contributed by atoms with van der Waals surface area (Å²) in [5.74, 6) is -0.303. The number of benzene rings is 1. The maximum atomic E-state index is 11.9. The number of alkyl halides is 1. The second-order valence-electron chi connectivity index (χ2n) is 3.83. The number of esters is 1. The van der Waals surface area contributed by atoms with E-state index in [-0.39, 0.29) is 12.6 Å². The lowest BCUT2D eigenvalue weighted by Crippen LogP contribution is -2.12. The number of hydrogen-bond acceptors (Lipinski definition) is 3. The first-order valence-corrected chi connectivity index (χ1v) is 6.42. The van der Waals surface area contributed by atoms with Crippen molar-refractivity contribution in [3.63, 3.8) is 0 Å². The van der Waals surface area contributed by atoms with Crippen LogP contribution in [0.15, 0.2) is 42.6 Å². The zero-order chi connectivity index (χ0) is 13.0. The number of aromatic nitrogens is 2. The summed E-state index contributed by atoms with van der Waals surface area (Å²) >= 11 is 3.34. The molecule has 0 amide bonds. The van der Waals surface area contributed by atoms with Gasteiger partial charge in [-0.15, -0.1) is 0 Å². The van der Waals surface area contributed by atoms with Gasteiger partial charge in [0.25, 0.3) is 0 Å². The lowest BCUT2D eigenvalue weighted by Gasteiger charge is -2.10. The predicted molar refractivity (Wildman–Crippen MR) is 71.1 cm³/mol. The molecule has 1 heterocycles. The first kappa shape index (κ1) is 12.8. The van der Waals surface area contributed by atoms with Crippen molar-refractivity contribution in [3.05, 3.63) is 53.9 Å². The molecule has 0 N–H and O–H groups in total. The Kier molecular flexibility index (Phi) is 4.15. The van der Waals surface area contributed by atoms with Crippen LogP contribution in [0, 0.1) is 0 Å². The quantitative estimate of drug-likeness (QED) is 0.644. The van der Waals surface area contributed by atoms with Crippen LogP contribution in [0.3, 0.4) is 0 Å². The topological polar surface area (TPSA) is 44.1 Å². The average molecular weight is 309 g/mol. The van der Waals surface area contributed by atoms with Crippen molar-refractivity contribution in [2.75, 3.05) is 0 Å². The lowest BCUT2D eigenvalue weighted by molar-refractivity contribution is -0.144. The monoisotopic (exact) mass is 308 g/mol. The summed E-state index contributed by atoms with van der Waals surface area (Å²) in [7, 11) is 1.81. The maximum absolute atomic E-state index is 11.9. The van der Waals surface area contributed by atoms with E-state index in [0.717, 1.165) is 11.3 Å². The van der Waals surface area contributed by atoms with Crippen LogP contribution in [0.4, 0.5) is 0 Å². The van der Waals surface area contributed by atoms with Crippen molar-refractivity contribution in [3.8, 4) is 0 Å². The van der Waals surface area contributed by atoms with Crippen LogP contribution in [-0.4, -0.2) is 15.7 Å². The molecule has 0 fully saturated rings. The van der Waals surface area contributed by atoms with Crippen LogP contribution in [0.25, 0.3) is 0 Å². The van der Waals surface area contributed by atoms with E-state index in [9.17, 15) is 4.79 Å². The molecule has 0 spiro atoms. The molecule has 0 aliphatic rings. The zero-order valence-electron chi connectivity index (χ0n) is 9.91. The van der Waals surface area contributed by atoms with Crippen molar-refractivity contribution < 1.29 is 9.53 Å². The Bertz CT molecular complexity index is 525. The van der Waals surface area contributed by atoms with Crippen LogP contribution in [-0.2, 0) is 23.2 Å². The van der Waals surface area contributed by atoms with Gasteiger partial charge in [0.2, 0.25) is 0 Å². The Hall–Kier alpha value is -1.62. The standard InChI is InChI=1S/C13H13BrN2O2/c1-16-11(7-8-15-16)9-18-13(17)12(14)10-5-3-2-4-6-10/h2-8,12H,9H2,1H3. The summed E-state index contributed by atoms with van der Waals surface area (Å²) < 4.78 is 6.92. The van der Waals surface area contributed by atoms with Gasteiger partial charge in [-0.3, -0.25) is 9.48 Å². The molecule has 0 aliphatic heterocycles. The van der Waals surface area contributed by atoms with Crippen molar-refractivity contribution in [1.29, 1.82) is 0 Å². The van der Waals surface area contributed by atoms with Crippen LogP contribution >= 0.6 is 15.9 Å². The molecule has 1 aromatic heterocycles. The Morgan fingerprint density at radius 2 is 2.11 bits per heavy atom. The third-order valence-corrected chi connectivity index (χ3v) is 3.49. The molecule has 5 heteroatoms. The number of halogens is 1. The molecule has 94 valence electrons. The molecule has 0 saturated carbocycles. The fraction of sp³-hybridized carbons (Fsp3) is 0.231. The molecule has 2 rings (SSSR count). The fourth-order valence-corrected chi connectivity index (χ4v) is 1.96. The van der Waals surface area contributed by atoms with Gasteiger partial charge in [-0.1, -0.05) is 46.3 Å². The van der Waals surface area contributed by atoms with Gasteiger partial charge in [-0.05, 0) is 11.6 Å². The highest BCUT2D eigenvalue weighted by atomic mass is 79.9. The number of carbonyl (C=O) groups is 1. The second-order valence-corrected chi connectivity index (χ2v) is 4.74. The van der Waals surface area contributed by atoms with Crippen molar-refractivity contribution in [1.82, 2.24) is 9.78 Å². The molecule has 1 unspecified atom stereocenters. The van der Waals surface area contributed by atoms with Gasteiger partial charge in [-0.25, -0.2) is 0 Å². The number of hydrogen-bond donors (Lipinski definition) is 0. The lowest BCUT2D eigenvalue weighted by atomic mass is 10.1. The molecule has 4 nitrogen and oxygen atoms in total. The summed E-state index contributed by atoms with van der Waals surface area (Å²) in [6.07, 6.45) is 1.67. The Labute approximate surface area is 114 Å². The Morgan fingerprint density at radius 1 is 1.39 bits per heavy atom. The van der Waals surface area contributed by atoms with Gasteiger partial charge in [0.05, 0.1) is 5.69 Å². The molecule has 18 heavy (non-hydrogen) atoms. The minimum Gasteiger partial charge on any atom is -0.458 e. The van der Waals surface area contributed by atoms with Gasteiger partial charge >= 0.3 is 5.97 Å².